The third-order valence-electron chi connectivity index (χ3n) is 4.73. The minimum atomic E-state index is -1.56. The lowest BCUT2D eigenvalue weighted by Crippen LogP contribution is -2.60. The maximum absolute atomic E-state index is 10.0. The van der Waals surface area contributed by atoms with Gasteiger partial charge in [0.1, 0.15) is 24.4 Å². The van der Waals surface area contributed by atoms with Crippen LogP contribution in [0.1, 0.15) is 0 Å². The molecule has 0 spiro atoms. The summed E-state index contributed by atoms with van der Waals surface area (Å²) in [5.74, 6) is -0.835. The lowest BCUT2D eigenvalue weighted by Gasteiger charge is -2.42. The molecule has 1 saturated heterocycles. The van der Waals surface area contributed by atoms with E-state index in [0.717, 1.165) is 0 Å². The third-order valence-corrected chi connectivity index (χ3v) is 4.73. The summed E-state index contributed by atoms with van der Waals surface area (Å²) in [6.45, 7) is -0.854. The van der Waals surface area contributed by atoms with Crippen LogP contribution in [0.5, 0.6) is 0 Å². The molecule has 9 nitrogen and oxygen atoms in total. The van der Waals surface area contributed by atoms with Gasteiger partial charge in [-0.1, -0.05) is 6.08 Å². The topological polar surface area (TPSA) is 149 Å². The molecule has 0 aromatic rings. The van der Waals surface area contributed by atoms with Gasteiger partial charge in [-0.2, -0.15) is 0 Å². The Hall–Kier alpha value is -1.04. The minimum Gasteiger partial charge on any atom is -0.472 e. The molecule has 0 unspecified atom stereocenters. The number of hydrogen-bond donors (Lipinski definition) is 6. The van der Waals surface area contributed by atoms with Crippen LogP contribution in [0.3, 0.4) is 0 Å². The van der Waals surface area contributed by atoms with Gasteiger partial charge in [-0.05, 0) is 11.6 Å². The standard InChI is InChI=1S/C15H22O9/c16-4-6-3-8(18)7-1-2-22-14(10(6)7)24-15-13(21)12(20)11(19)9(5-17)23-15/h1-3,7-21H,4-5H2/t7-,8+,9+,10+,11+,12-,13+,14-,15-/m1/s1. The van der Waals surface area contributed by atoms with Crippen molar-refractivity contribution in [2.45, 2.75) is 43.1 Å². The highest BCUT2D eigenvalue weighted by atomic mass is 16.8. The quantitative estimate of drug-likeness (QED) is 0.297. The van der Waals surface area contributed by atoms with E-state index in [1.165, 1.54) is 12.3 Å². The molecule has 0 aromatic carbocycles. The van der Waals surface area contributed by atoms with Crippen molar-refractivity contribution in [2.24, 2.45) is 11.8 Å². The number of fused-ring (bicyclic) bond motifs is 1. The van der Waals surface area contributed by atoms with Crippen LogP contribution < -0.4 is 0 Å². The molecule has 2 aliphatic heterocycles. The van der Waals surface area contributed by atoms with Crippen LogP contribution in [-0.2, 0) is 14.2 Å². The fraction of sp³-hybridized carbons (Fsp3) is 0.733. The Labute approximate surface area is 138 Å². The Bertz CT molecular complexity index is 505. The Morgan fingerprint density at radius 3 is 2.42 bits per heavy atom. The SMILES string of the molecule is OCC1=C[C@H](O)[C@H]2C=CO[C@H](O[C@H]3O[C@@H](CO)[C@H](O)[C@@H](O)[C@@H]3O)[C@@H]12. The zero-order valence-electron chi connectivity index (χ0n) is 12.8. The molecule has 2 heterocycles. The second-order valence-electron chi connectivity index (χ2n) is 6.16. The highest BCUT2D eigenvalue weighted by molar-refractivity contribution is 5.25. The average Bonchev–Trinajstić information content (AvgIpc) is 2.92. The van der Waals surface area contributed by atoms with E-state index >= 15 is 0 Å². The van der Waals surface area contributed by atoms with Crippen LogP contribution in [0.15, 0.2) is 24.0 Å². The second kappa shape index (κ2) is 7.06. The van der Waals surface area contributed by atoms with Crippen molar-refractivity contribution in [3.05, 3.63) is 24.0 Å². The van der Waals surface area contributed by atoms with Gasteiger partial charge >= 0.3 is 0 Å². The van der Waals surface area contributed by atoms with Gasteiger partial charge in [-0.3, -0.25) is 0 Å². The van der Waals surface area contributed by atoms with E-state index in [4.69, 9.17) is 14.2 Å². The Kier molecular flexibility index (Phi) is 5.23. The summed E-state index contributed by atoms with van der Waals surface area (Å²) >= 11 is 0. The molecule has 6 N–H and O–H groups in total. The molecule has 0 bridgehead atoms. The van der Waals surface area contributed by atoms with Gasteiger partial charge in [-0.15, -0.1) is 0 Å². The van der Waals surface area contributed by atoms with Crippen molar-refractivity contribution in [1.82, 2.24) is 0 Å². The zero-order chi connectivity index (χ0) is 17.4. The molecule has 0 aromatic heterocycles. The van der Waals surface area contributed by atoms with E-state index in [1.54, 1.807) is 6.08 Å². The Morgan fingerprint density at radius 2 is 1.75 bits per heavy atom. The van der Waals surface area contributed by atoms with Gasteiger partial charge < -0.3 is 44.8 Å². The first-order valence-electron chi connectivity index (χ1n) is 7.75. The van der Waals surface area contributed by atoms with Crippen molar-refractivity contribution in [3.63, 3.8) is 0 Å². The van der Waals surface area contributed by atoms with Gasteiger partial charge in [0.15, 0.2) is 6.29 Å². The predicted molar refractivity (Wildman–Crippen MR) is 77.0 cm³/mol. The lowest BCUT2D eigenvalue weighted by atomic mass is 9.88. The second-order valence-corrected chi connectivity index (χ2v) is 6.16. The summed E-state index contributed by atoms with van der Waals surface area (Å²) in [6.07, 6.45) is -4.27. The summed E-state index contributed by atoms with van der Waals surface area (Å²) in [5.41, 5.74) is 0.534. The maximum atomic E-state index is 10.0. The van der Waals surface area contributed by atoms with E-state index in [0.29, 0.717) is 5.57 Å². The first-order chi connectivity index (χ1) is 11.5. The third kappa shape index (κ3) is 2.98. The van der Waals surface area contributed by atoms with Crippen LogP contribution >= 0.6 is 0 Å². The molecule has 1 aliphatic carbocycles. The van der Waals surface area contributed by atoms with Crippen molar-refractivity contribution < 1.29 is 44.8 Å². The van der Waals surface area contributed by atoms with Crippen LogP contribution in [0.2, 0.25) is 0 Å². The number of hydrogen-bond acceptors (Lipinski definition) is 9. The van der Waals surface area contributed by atoms with Crippen molar-refractivity contribution in [1.29, 1.82) is 0 Å². The summed E-state index contributed by atoms with van der Waals surface area (Å²) in [7, 11) is 0. The van der Waals surface area contributed by atoms with E-state index in [2.05, 4.69) is 0 Å². The fourth-order valence-corrected chi connectivity index (χ4v) is 3.38. The minimum absolute atomic E-state index is 0.288. The molecule has 136 valence electrons. The molecule has 0 saturated carbocycles. The van der Waals surface area contributed by atoms with Gasteiger partial charge in [0.25, 0.3) is 0 Å². The van der Waals surface area contributed by atoms with Gasteiger partial charge in [0.2, 0.25) is 6.29 Å². The molecule has 9 heteroatoms. The first kappa shape index (κ1) is 17.8. The fourth-order valence-electron chi connectivity index (χ4n) is 3.38. The Morgan fingerprint density at radius 1 is 1.00 bits per heavy atom. The molecule has 0 amide bonds. The van der Waals surface area contributed by atoms with Gasteiger partial charge in [0.05, 0.1) is 31.5 Å². The molecule has 0 radical (unpaired) electrons. The highest BCUT2D eigenvalue weighted by Gasteiger charge is 2.49. The average molecular weight is 346 g/mol. The first-order valence-corrected chi connectivity index (χ1v) is 7.75. The molecule has 9 atom stereocenters. The lowest BCUT2D eigenvalue weighted by molar-refractivity contribution is -0.339. The summed E-state index contributed by atoms with van der Waals surface area (Å²) < 4.78 is 16.3. The molecular weight excluding hydrogens is 324 g/mol. The summed E-state index contributed by atoms with van der Waals surface area (Å²) in [6, 6.07) is 0. The number of rotatable bonds is 4. The highest BCUT2D eigenvalue weighted by Crippen LogP contribution is 2.40. The maximum Gasteiger partial charge on any atom is 0.209 e. The van der Waals surface area contributed by atoms with Crippen LogP contribution in [-0.4, -0.2) is 87.0 Å². The number of aliphatic hydroxyl groups excluding tert-OH is 6. The van der Waals surface area contributed by atoms with E-state index in [9.17, 15) is 30.6 Å². The van der Waals surface area contributed by atoms with Crippen molar-refractivity contribution in [2.75, 3.05) is 13.2 Å². The Balaban J connectivity index is 1.75. The van der Waals surface area contributed by atoms with Crippen LogP contribution in [0.4, 0.5) is 0 Å². The van der Waals surface area contributed by atoms with E-state index < -0.39 is 55.6 Å². The van der Waals surface area contributed by atoms with Gasteiger partial charge in [0, 0.05) is 5.92 Å². The normalized spacial score (nSPS) is 47.9. The number of aliphatic hydroxyl groups is 6. The summed E-state index contributed by atoms with van der Waals surface area (Å²) in [5, 5.41) is 58.3. The monoisotopic (exact) mass is 346 g/mol. The van der Waals surface area contributed by atoms with Crippen molar-refractivity contribution in [3.8, 4) is 0 Å². The molecular formula is C15H22O9. The predicted octanol–water partition coefficient (Wildman–Crippen LogP) is -2.80. The summed E-state index contributed by atoms with van der Waals surface area (Å²) in [4.78, 5) is 0. The van der Waals surface area contributed by atoms with Crippen LogP contribution in [0, 0.1) is 11.8 Å². The molecule has 3 rings (SSSR count). The molecule has 1 fully saturated rings. The van der Waals surface area contributed by atoms with Gasteiger partial charge in [-0.25, -0.2) is 0 Å². The number of ether oxygens (including phenoxy) is 3. The van der Waals surface area contributed by atoms with Crippen LogP contribution in [0.25, 0.3) is 0 Å². The molecule has 24 heavy (non-hydrogen) atoms. The smallest absolute Gasteiger partial charge is 0.209 e. The molecule has 3 aliphatic rings. The largest absolute Gasteiger partial charge is 0.472 e. The van der Waals surface area contributed by atoms with E-state index in [-0.39, 0.29) is 12.5 Å². The van der Waals surface area contributed by atoms with E-state index in [1.807, 2.05) is 0 Å². The zero-order valence-corrected chi connectivity index (χ0v) is 12.8. The van der Waals surface area contributed by atoms with Crippen molar-refractivity contribution >= 4 is 0 Å².